The number of nitrogens with zero attached hydrogens (tertiary/aromatic N) is 2. The van der Waals surface area contributed by atoms with Gasteiger partial charge in [0.05, 0.1) is 12.2 Å². The quantitative estimate of drug-likeness (QED) is 0.787. The molecule has 3 nitrogen and oxygen atoms in total. The summed E-state index contributed by atoms with van der Waals surface area (Å²) >= 11 is 0. The Labute approximate surface area is 147 Å². The summed E-state index contributed by atoms with van der Waals surface area (Å²) in [7, 11) is 0. The summed E-state index contributed by atoms with van der Waals surface area (Å²) in [5, 5.41) is 0. The van der Waals surface area contributed by atoms with Gasteiger partial charge in [0.1, 0.15) is 5.69 Å². The maximum atomic E-state index is 13.0. The van der Waals surface area contributed by atoms with Crippen LogP contribution in [0.4, 0.5) is 13.2 Å². The number of hydrogen-bond donors (Lipinski definition) is 0. The molecule has 0 bridgehead atoms. The number of ether oxygens (including phenoxy) is 1. The summed E-state index contributed by atoms with van der Waals surface area (Å²) in [6.45, 7) is 6.21. The molecule has 0 radical (unpaired) electrons. The molecule has 0 unspecified atom stereocenters. The Morgan fingerprint density at radius 1 is 1.16 bits per heavy atom. The summed E-state index contributed by atoms with van der Waals surface area (Å²) < 4.78 is 45.1. The van der Waals surface area contributed by atoms with Gasteiger partial charge in [-0.3, -0.25) is 4.90 Å². The zero-order valence-corrected chi connectivity index (χ0v) is 14.9. The van der Waals surface area contributed by atoms with Crippen LogP contribution in [0.5, 0.6) is 0 Å². The van der Waals surface area contributed by atoms with E-state index in [0.29, 0.717) is 5.69 Å². The molecule has 3 rings (SSSR count). The lowest BCUT2D eigenvalue weighted by atomic mass is 9.81. The van der Waals surface area contributed by atoms with Gasteiger partial charge in [0, 0.05) is 17.7 Å². The molecular formula is C19H27F3N2O. The predicted octanol–water partition coefficient (Wildman–Crippen LogP) is 4.63. The average molecular weight is 356 g/mol. The van der Waals surface area contributed by atoms with Crippen molar-refractivity contribution >= 4 is 0 Å². The number of halogens is 3. The Hall–Kier alpha value is -1.14. The van der Waals surface area contributed by atoms with E-state index in [1.807, 2.05) is 13.8 Å². The SMILES string of the molecule is CC(C)O[C@H]1CC[C@H](c2cccc(C(F)(F)F)n2)C[C@@H]1N1CCCC1. The van der Waals surface area contributed by atoms with Gasteiger partial charge in [-0.2, -0.15) is 13.2 Å². The number of rotatable bonds is 4. The van der Waals surface area contributed by atoms with Crippen molar-refractivity contribution in [1.82, 2.24) is 9.88 Å². The highest BCUT2D eigenvalue weighted by Crippen LogP contribution is 2.38. The predicted molar refractivity (Wildman–Crippen MR) is 90.4 cm³/mol. The highest BCUT2D eigenvalue weighted by molar-refractivity contribution is 5.18. The van der Waals surface area contributed by atoms with E-state index in [4.69, 9.17) is 4.74 Å². The first-order chi connectivity index (χ1) is 11.8. The molecule has 0 spiro atoms. The molecule has 0 amide bonds. The molecule has 1 aromatic rings. The molecule has 1 aromatic heterocycles. The van der Waals surface area contributed by atoms with Crippen molar-refractivity contribution in [2.24, 2.45) is 0 Å². The smallest absolute Gasteiger partial charge is 0.374 e. The fourth-order valence-electron chi connectivity index (χ4n) is 4.19. The van der Waals surface area contributed by atoms with Gasteiger partial charge in [0.15, 0.2) is 0 Å². The minimum atomic E-state index is -4.39. The topological polar surface area (TPSA) is 25.4 Å². The summed E-state index contributed by atoms with van der Waals surface area (Å²) in [6, 6.07) is 4.55. The lowest BCUT2D eigenvalue weighted by Crippen LogP contribution is -2.47. The lowest BCUT2D eigenvalue weighted by molar-refractivity contribution is -0.141. The molecule has 6 heteroatoms. The number of likely N-dealkylation sites (tertiary alicyclic amines) is 1. The maximum absolute atomic E-state index is 13.0. The van der Waals surface area contributed by atoms with Gasteiger partial charge in [-0.05, 0) is 71.2 Å². The van der Waals surface area contributed by atoms with Gasteiger partial charge in [-0.1, -0.05) is 6.07 Å². The Morgan fingerprint density at radius 3 is 2.52 bits per heavy atom. The summed E-state index contributed by atoms with van der Waals surface area (Å²) in [6.07, 6.45) is 0.860. The van der Waals surface area contributed by atoms with Crippen molar-refractivity contribution in [1.29, 1.82) is 0 Å². The first-order valence-electron chi connectivity index (χ1n) is 9.28. The van der Waals surface area contributed by atoms with Crippen LogP contribution in [0.25, 0.3) is 0 Å². The fraction of sp³-hybridized carbons (Fsp3) is 0.737. The molecule has 1 aliphatic heterocycles. The van der Waals surface area contributed by atoms with Crippen LogP contribution in [0.3, 0.4) is 0 Å². The third-order valence-corrected chi connectivity index (χ3v) is 5.29. The number of hydrogen-bond acceptors (Lipinski definition) is 3. The van der Waals surface area contributed by atoms with Gasteiger partial charge < -0.3 is 4.74 Å². The third-order valence-electron chi connectivity index (χ3n) is 5.29. The van der Waals surface area contributed by atoms with E-state index in [1.165, 1.54) is 18.9 Å². The van der Waals surface area contributed by atoms with E-state index in [9.17, 15) is 13.2 Å². The number of pyridine rings is 1. The number of aromatic nitrogens is 1. The van der Waals surface area contributed by atoms with Crippen LogP contribution in [0.1, 0.15) is 63.3 Å². The van der Waals surface area contributed by atoms with Crippen molar-refractivity contribution in [3.63, 3.8) is 0 Å². The van der Waals surface area contributed by atoms with E-state index < -0.39 is 11.9 Å². The molecule has 0 N–H and O–H groups in total. The van der Waals surface area contributed by atoms with E-state index in [2.05, 4.69) is 9.88 Å². The molecule has 0 aromatic carbocycles. The number of alkyl halides is 3. The van der Waals surface area contributed by atoms with Crippen LogP contribution in [0.2, 0.25) is 0 Å². The second-order valence-corrected chi connectivity index (χ2v) is 7.49. The van der Waals surface area contributed by atoms with E-state index >= 15 is 0 Å². The molecule has 25 heavy (non-hydrogen) atoms. The Kier molecular flexibility index (Phi) is 5.68. The average Bonchev–Trinajstić information content (AvgIpc) is 3.08. The fourth-order valence-corrected chi connectivity index (χ4v) is 4.19. The zero-order valence-electron chi connectivity index (χ0n) is 14.9. The molecule has 2 fully saturated rings. The van der Waals surface area contributed by atoms with Crippen molar-refractivity contribution in [2.45, 2.75) is 76.3 Å². The van der Waals surface area contributed by atoms with Crippen molar-refractivity contribution in [3.05, 3.63) is 29.6 Å². The maximum Gasteiger partial charge on any atom is 0.433 e. The van der Waals surface area contributed by atoms with Crippen LogP contribution in [-0.2, 0) is 10.9 Å². The van der Waals surface area contributed by atoms with Crippen LogP contribution >= 0.6 is 0 Å². The van der Waals surface area contributed by atoms with Gasteiger partial charge in [0.2, 0.25) is 0 Å². The van der Waals surface area contributed by atoms with Crippen molar-refractivity contribution < 1.29 is 17.9 Å². The van der Waals surface area contributed by atoms with Crippen molar-refractivity contribution in [3.8, 4) is 0 Å². The second kappa shape index (κ2) is 7.62. The van der Waals surface area contributed by atoms with Gasteiger partial charge in [-0.15, -0.1) is 0 Å². The summed E-state index contributed by atoms with van der Waals surface area (Å²) in [4.78, 5) is 6.40. The standard InChI is InChI=1S/C19H27F3N2O/c1-13(2)25-17-9-8-14(12-16(17)24-10-3-4-11-24)15-6-5-7-18(23-15)19(20,21)22/h5-7,13-14,16-17H,3-4,8-12H2,1-2H3/t14-,16-,17-/m0/s1. The normalized spacial score (nSPS) is 28.6. The van der Waals surface area contributed by atoms with Crippen LogP contribution in [0, 0.1) is 0 Å². The minimum absolute atomic E-state index is 0.0694. The third kappa shape index (κ3) is 4.53. The zero-order chi connectivity index (χ0) is 18.0. The molecule has 1 aliphatic carbocycles. The lowest BCUT2D eigenvalue weighted by Gasteiger charge is -2.41. The van der Waals surface area contributed by atoms with Gasteiger partial charge >= 0.3 is 6.18 Å². The molecular weight excluding hydrogens is 329 g/mol. The van der Waals surface area contributed by atoms with Gasteiger partial charge in [-0.25, -0.2) is 4.98 Å². The summed E-state index contributed by atoms with van der Waals surface area (Å²) in [5.74, 6) is 0.0694. The Bertz CT molecular complexity index is 570. The molecule has 3 atom stereocenters. The van der Waals surface area contributed by atoms with E-state index in [1.54, 1.807) is 6.07 Å². The first-order valence-corrected chi connectivity index (χ1v) is 9.28. The minimum Gasteiger partial charge on any atom is -0.374 e. The van der Waals surface area contributed by atoms with Gasteiger partial charge in [0.25, 0.3) is 0 Å². The molecule has 140 valence electrons. The van der Waals surface area contributed by atoms with E-state index in [0.717, 1.165) is 38.4 Å². The van der Waals surface area contributed by atoms with Crippen LogP contribution < -0.4 is 0 Å². The Balaban J connectivity index is 1.78. The molecule has 1 saturated carbocycles. The Morgan fingerprint density at radius 2 is 1.88 bits per heavy atom. The molecule has 1 saturated heterocycles. The van der Waals surface area contributed by atoms with Crippen molar-refractivity contribution in [2.75, 3.05) is 13.1 Å². The molecule has 2 aliphatic rings. The van der Waals surface area contributed by atoms with Crippen LogP contribution in [-0.4, -0.2) is 41.2 Å². The highest BCUT2D eigenvalue weighted by Gasteiger charge is 2.38. The highest BCUT2D eigenvalue weighted by atomic mass is 19.4. The van der Waals surface area contributed by atoms with E-state index in [-0.39, 0.29) is 24.2 Å². The second-order valence-electron chi connectivity index (χ2n) is 7.49. The largest absolute Gasteiger partial charge is 0.433 e. The molecule has 2 heterocycles. The summed E-state index contributed by atoms with van der Waals surface area (Å²) in [5.41, 5.74) is -0.217. The monoisotopic (exact) mass is 356 g/mol. The first kappa shape index (κ1) is 18.6. The van der Waals surface area contributed by atoms with Crippen LogP contribution in [0.15, 0.2) is 18.2 Å².